The van der Waals surface area contributed by atoms with E-state index in [0.29, 0.717) is 4.99 Å². The molecule has 0 bridgehead atoms. The van der Waals surface area contributed by atoms with Crippen molar-refractivity contribution in [3.05, 3.63) is 35.4 Å². The van der Waals surface area contributed by atoms with Gasteiger partial charge in [-0.2, -0.15) is 17.9 Å². The van der Waals surface area contributed by atoms with E-state index >= 15 is 0 Å². The van der Waals surface area contributed by atoms with Crippen molar-refractivity contribution in [2.45, 2.75) is 25.4 Å². The number of thiocarbonyl (C=S) groups is 1. The first-order valence-corrected chi connectivity index (χ1v) is 7.51. The third-order valence-electron chi connectivity index (χ3n) is 2.58. The first-order chi connectivity index (χ1) is 8.46. The molecule has 0 aromatic heterocycles. The molecule has 1 fully saturated rings. The van der Waals surface area contributed by atoms with Crippen molar-refractivity contribution in [2.24, 2.45) is 5.73 Å². The van der Waals surface area contributed by atoms with Crippen molar-refractivity contribution in [2.75, 3.05) is 0 Å². The lowest BCUT2D eigenvalue weighted by molar-refractivity contribution is 0.565. The van der Waals surface area contributed by atoms with Gasteiger partial charge in [0.15, 0.2) is 0 Å². The van der Waals surface area contributed by atoms with E-state index in [4.69, 9.17) is 18.0 Å². The molecule has 98 valence electrons. The largest absolute Gasteiger partial charge is 0.389 e. The van der Waals surface area contributed by atoms with E-state index in [1.54, 1.807) is 18.2 Å². The summed E-state index contributed by atoms with van der Waals surface area (Å²) in [4.78, 5) is 0.302. The van der Waals surface area contributed by atoms with Gasteiger partial charge in [0.25, 0.3) is 10.2 Å². The molecule has 1 aliphatic rings. The SMILES string of the molecule is NC(=S)c1cccc(CNS(=O)(=O)NC2CC2)c1. The van der Waals surface area contributed by atoms with E-state index in [0.717, 1.165) is 24.0 Å². The summed E-state index contributed by atoms with van der Waals surface area (Å²) in [6, 6.07) is 7.30. The van der Waals surface area contributed by atoms with Gasteiger partial charge in [-0.1, -0.05) is 30.4 Å². The highest BCUT2D eigenvalue weighted by Crippen LogP contribution is 2.19. The molecule has 0 spiro atoms. The molecule has 2 rings (SSSR count). The number of rotatable bonds is 6. The Morgan fingerprint density at radius 2 is 2.17 bits per heavy atom. The van der Waals surface area contributed by atoms with Crippen LogP contribution >= 0.6 is 12.2 Å². The molecule has 0 heterocycles. The Morgan fingerprint density at radius 1 is 1.44 bits per heavy atom. The predicted molar refractivity (Wildman–Crippen MR) is 74.2 cm³/mol. The number of hydrogen-bond donors (Lipinski definition) is 3. The minimum Gasteiger partial charge on any atom is -0.389 e. The van der Waals surface area contributed by atoms with Crippen molar-refractivity contribution < 1.29 is 8.42 Å². The Kier molecular flexibility index (Phi) is 3.96. The quantitative estimate of drug-likeness (QED) is 0.661. The van der Waals surface area contributed by atoms with E-state index in [9.17, 15) is 8.42 Å². The van der Waals surface area contributed by atoms with Crippen molar-refractivity contribution in [1.82, 2.24) is 9.44 Å². The van der Waals surface area contributed by atoms with Crippen LogP contribution in [0.2, 0.25) is 0 Å². The zero-order chi connectivity index (χ0) is 13.2. The molecular formula is C11H15N3O2S2. The Bertz CT molecular complexity index is 553. The highest BCUT2D eigenvalue weighted by molar-refractivity contribution is 7.87. The zero-order valence-corrected chi connectivity index (χ0v) is 11.4. The summed E-state index contributed by atoms with van der Waals surface area (Å²) in [7, 11) is -3.41. The summed E-state index contributed by atoms with van der Waals surface area (Å²) >= 11 is 4.87. The van der Waals surface area contributed by atoms with E-state index in [1.165, 1.54) is 0 Å². The van der Waals surface area contributed by atoms with E-state index in [1.807, 2.05) is 6.07 Å². The van der Waals surface area contributed by atoms with Gasteiger partial charge in [-0.3, -0.25) is 0 Å². The Labute approximate surface area is 112 Å². The van der Waals surface area contributed by atoms with Crippen LogP contribution in [0.1, 0.15) is 24.0 Å². The maximum atomic E-state index is 11.6. The standard InChI is InChI=1S/C11H15N3O2S2/c12-11(17)9-3-1-2-8(6-9)7-13-18(15,16)14-10-4-5-10/h1-3,6,10,13-14H,4-5,7H2,(H2,12,17). The summed E-state index contributed by atoms with van der Waals surface area (Å²) in [6.07, 6.45) is 1.83. The van der Waals surface area contributed by atoms with Crippen LogP contribution < -0.4 is 15.2 Å². The van der Waals surface area contributed by atoms with Crippen LogP contribution in [0, 0.1) is 0 Å². The van der Waals surface area contributed by atoms with Gasteiger partial charge in [-0.05, 0) is 24.5 Å². The fraction of sp³-hybridized carbons (Fsp3) is 0.364. The molecule has 1 saturated carbocycles. The lowest BCUT2D eigenvalue weighted by atomic mass is 10.1. The molecule has 1 aromatic rings. The third kappa shape index (κ3) is 4.02. The average Bonchev–Trinajstić information content (AvgIpc) is 3.10. The number of nitrogens with two attached hydrogens (primary N) is 1. The van der Waals surface area contributed by atoms with Gasteiger partial charge < -0.3 is 5.73 Å². The van der Waals surface area contributed by atoms with Gasteiger partial charge >= 0.3 is 0 Å². The van der Waals surface area contributed by atoms with Gasteiger partial charge in [-0.25, -0.2) is 0 Å². The average molecular weight is 285 g/mol. The molecule has 0 aliphatic heterocycles. The highest BCUT2D eigenvalue weighted by atomic mass is 32.2. The topological polar surface area (TPSA) is 84.2 Å². The molecule has 4 N–H and O–H groups in total. The molecule has 0 unspecified atom stereocenters. The molecule has 1 aromatic carbocycles. The van der Waals surface area contributed by atoms with Crippen LogP contribution in [0.25, 0.3) is 0 Å². The summed E-state index contributed by atoms with van der Waals surface area (Å²) < 4.78 is 28.2. The van der Waals surface area contributed by atoms with E-state index < -0.39 is 10.2 Å². The third-order valence-corrected chi connectivity index (χ3v) is 3.98. The van der Waals surface area contributed by atoms with Crippen LogP contribution in [0.4, 0.5) is 0 Å². The van der Waals surface area contributed by atoms with Crippen LogP contribution in [-0.2, 0) is 16.8 Å². The normalized spacial score (nSPS) is 15.6. The second-order valence-electron chi connectivity index (χ2n) is 4.28. The zero-order valence-electron chi connectivity index (χ0n) is 9.72. The minimum atomic E-state index is -3.41. The van der Waals surface area contributed by atoms with Gasteiger partial charge in [0.05, 0.1) is 0 Å². The lowest BCUT2D eigenvalue weighted by Gasteiger charge is -2.08. The molecule has 5 nitrogen and oxygen atoms in total. The number of hydrogen-bond acceptors (Lipinski definition) is 3. The molecule has 0 saturated heterocycles. The molecular weight excluding hydrogens is 270 g/mol. The van der Waals surface area contributed by atoms with Gasteiger partial charge in [0.2, 0.25) is 0 Å². The summed E-state index contributed by atoms with van der Waals surface area (Å²) in [5.74, 6) is 0. The molecule has 0 atom stereocenters. The fourth-order valence-corrected chi connectivity index (χ4v) is 2.72. The van der Waals surface area contributed by atoms with Gasteiger partial charge in [-0.15, -0.1) is 0 Å². The second kappa shape index (κ2) is 5.31. The maximum absolute atomic E-state index is 11.6. The summed E-state index contributed by atoms with van der Waals surface area (Å²) in [6.45, 7) is 0.221. The van der Waals surface area contributed by atoms with Crippen molar-refractivity contribution in [3.8, 4) is 0 Å². The molecule has 18 heavy (non-hydrogen) atoms. The Morgan fingerprint density at radius 3 is 2.78 bits per heavy atom. The van der Waals surface area contributed by atoms with Crippen LogP contribution in [0.15, 0.2) is 24.3 Å². The molecule has 0 amide bonds. The van der Waals surface area contributed by atoms with Gasteiger partial charge in [0, 0.05) is 18.2 Å². The molecule has 0 radical (unpaired) electrons. The van der Waals surface area contributed by atoms with Crippen LogP contribution in [0.3, 0.4) is 0 Å². The Balaban J connectivity index is 1.96. The first-order valence-electron chi connectivity index (χ1n) is 5.62. The first kappa shape index (κ1) is 13.4. The van der Waals surface area contributed by atoms with Crippen molar-refractivity contribution in [1.29, 1.82) is 0 Å². The molecule has 1 aliphatic carbocycles. The lowest BCUT2D eigenvalue weighted by Crippen LogP contribution is -2.37. The summed E-state index contributed by atoms with van der Waals surface area (Å²) in [5.41, 5.74) is 7.07. The van der Waals surface area contributed by atoms with Gasteiger partial charge in [0.1, 0.15) is 4.99 Å². The highest BCUT2D eigenvalue weighted by Gasteiger charge is 2.26. The van der Waals surface area contributed by atoms with Crippen molar-refractivity contribution in [3.63, 3.8) is 0 Å². The second-order valence-corrected chi connectivity index (χ2v) is 6.25. The van der Waals surface area contributed by atoms with E-state index in [2.05, 4.69) is 9.44 Å². The summed E-state index contributed by atoms with van der Waals surface area (Å²) in [5, 5.41) is 0. The van der Waals surface area contributed by atoms with E-state index in [-0.39, 0.29) is 12.6 Å². The smallest absolute Gasteiger partial charge is 0.277 e. The van der Waals surface area contributed by atoms with Crippen LogP contribution in [0.5, 0.6) is 0 Å². The minimum absolute atomic E-state index is 0.102. The fourth-order valence-electron chi connectivity index (χ4n) is 1.48. The number of nitrogens with one attached hydrogen (secondary N) is 2. The Hall–Kier alpha value is -1.02. The van der Waals surface area contributed by atoms with Crippen LogP contribution in [-0.4, -0.2) is 19.4 Å². The maximum Gasteiger partial charge on any atom is 0.277 e. The van der Waals surface area contributed by atoms with Crippen molar-refractivity contribution >= 4 is 27.4 Å². The number of benzene rings is 1. The predicted octanol–water partition coefficient (Wildman–Crippen LogP) is 0.407. The monoisotopic (exact) mass is 285 g/mol. The molecule has 7 heteroatoms.